The Labute approximate surface area is 143 Å². The van der Waals surface area contributed by atoms with Crippen molar-refractivity contribution in [3.05, 3.63) is 55.0 Å². The maximum absolute atomic E-state index is 12.9. The van der Waals surface area contributed by atoms with Gasteiger partial charge in [-0.25, -0.2) is 4.39 Å². The largest absolute Gasteiger partial charge is 0.307 e. The highest BCUT2D eigenvalue weighted by Gasteiger charge is 2.23. The monoisotopic (exact) mass is 415 g/mol. The molecule has 0 bridgehead atoms. The summed E-state index contributed by atoms with van der Waals surface area (Å²) >= 11 is 4.35. The lowest BCUT2D eigenvalue weighted by atomic mass is 9.93. The molecular formula is C17H19FINS. The van der Waals surface area contributed by atoms with Gasteiger partial charge in [-0.2, -0.15) is 0 Å². The molecule has 3 rings (SSSR count). The number of hydrogen-bond acceptors (Lipinski definition) is 2. The van der Waals surface area contributed by atoms with E-state index in [1.807, 2.05) is 23.5 Å². The van der Waals surface area contributed by atoms with Crippen molar-refractivity contribution in [2.45, 2.75) is 44.7 Å². The minimum Gasteiger partial charge on any atom is -0.307 e. The molecule has 0 saturated heterocycles. The molecule has 1 aliphatic carbocycles. The smallest absolute Gasteiger partial charge is 0.123 e. The fraction of sp³-hybridized carbons (Fsp3) is 0.412. The molecule has 1 heterocycles. The van der Waals surface area contributed by atoms with Crippen LogP contribution in [-0.2, 0) is 12.8 Å². The quantitative estimate of drug-likeness (QED) is 0.686. The molecule has 2 unspecified atom stereocenters. The van der Waals surface area contributed by atoms with Crippen LogP contribution in [0.5, 0.6) is 0 Å². The third-order valence-corrected chi connectivity index (χ3v) is 6.00. The predicted molar refractivity (Wildman–Crippen MR) is 95.4 cm³/mol. The van der Waals surface area contributed by atoms with Crippen LogP contribution in [0.3, 0.4) is 0 Å². The highest BCUT2D eigenvalue weighted by Crippen LogP contribution is 2.36. The molecule has 0 aliphatic heterocycles. The molecule has 1 N–H and O–H groups in total. The first-order chi connectivity index (χ1) is 10.1. The molecule has 1 aliphatic rings. The topological polar surface area (TPSA) is 12.0 Å². The second-order valence-corrected chi connectivity index (χ2v) is 8.80. The molecule has 0 spiro atoms. The lowest BCUT2D eigenvalue weighted by Gasteiger charge is -2.27. The molecule has 1 aromatic carbocycles. The molecular weight excluding hydrogens is 396 g/mol. The first-order valence-electron chi connectivity index (χ1n) is 7.40. The van der Waals surface area contributed by atoms with Crippen LogP contribution >= 0.6 is 33.9 Å². The minimum atomic E-state index is -0.163. The van der Waals surface area contributed by atoms with Gasteiger partial charge in [0.05, 0.1) is 2.88 Å². The lowest BCUT2D eigenvalue weighted by Crippen LogP contribution is -2.33. The third-order valence-electron chi connectivity index (χ3n) is 4.02. The van der Waals surface area contributed by atoms with Gasteiger partial charge in [-0.1, -0.05) is 12.1 Å². The van der Waals surface area contributed by atoms with Gasteiger partial charge in [0, 0.05) is 17.0 Å². The summed E-state index contributed by atoms with van der Waals surface area (Å²) in [5.74, 6) is -0.163. The maximum atomic E-state index is 12.9. The Balaban J connectivity index is 1.65. The Hall–Kier alpha value is -0.460. The summed E-state index contributed by atoms with van der Waals surface area (Å²) in [4.78, 5) is 1.55. The second-order valence-electron chi connectivity index (χ2n) is 5.77. The second kappa shape index (κ2) is 6.75. The summed E-state index contributed by atoms with van der Waals surface area (Å²) in [5.41, 5.74) is 2.69. The number of hydrogen-bond donors (Lipinski definition) is 1. The Bertz CT molecular complexity index is 608. The number of aryl methyl sites for hydroxylation is 1. The SMILES string of the molecule is CC(Cc1ccc(F)cc1)NC1CCCc2sc(I)cc21. The van der Waals surface area contributed by atoms with Crippen LogP contribution in [-0.4, -0.2) is 6.04 Å². The van der Waals surface area contributed by atoms with Gasteiger partial charge in [-0.15, -0.1) is 11.3 Å². The van der Waals surface area contributed by atoms with Crippen molar-refractivity contribution >= 4 is 33.9 Å². The first-order valence-corrected chi connectivity index (χ1v) is 9.30. The molecule has 21 heavy (non-hydrogen) atoms. The van der Waals surface area contributed by atoms with E-state index in [1.54, 1.807) is 17.0 Å². The van der Waals surface area contributed by atoms with Gasteiger partial charge >= 0.3 is 0 Å². The van der Waals surface area contributed by atoms with E-state index in [9.17, 15) is 4.39 Å². The van der Waals surface area contributed by atoms with Crippen LogP contribution < -0.4 is 5.32 Å². The molecule has 2 atom stereocenters. The molecule has 0 radical (unpaired) electrons. The van der Waals surface area contributed by atoms with Crippen molar-refractivity contribution in [2.24, 2.45) is 0 Å². The molecule has 1 nitrogen and oxygen atoms in total. The number of fused-ring (bicyclic) bond motifs is 1. The van der Waals surface area contributed by atoms with Gasteiger partial charge in [-0.05, 0) is 84.5 Å². The zero-order valence-corrected chi connectivity index (χ0v) is 15.0. The van der Waals surface area contributed by atoms with Crippen molar-refractivity contribution < 1.29 is 4.39 Å². The van der Waals surface area contributed by atoms with Crippen LogP contribution in [0.15, 0.2) is 30.3 Å². The Kier molecular flexibility index (Phi) is 4.96. The van der Waals surface area contributed by atoms with Crippen molar-refractivity contribution in [1.82, 2.24) is 5.32 Å². The van der Waals surface area contributed by atoms with E-state index in [-0.39, 0.29) is 5.82 Å². The summed E-state index contributed by atoms with van der Waals surface area (Å²) in [6.45, 7) is 2.22. The van der Waals surface area contributed by atoms with Crippen LogP contribution in [0.2, 0.25) is 0 Å². The van der Waals surface area contributed by atoms with Gasteiger partial charge in [0.2, 0.25) is 0 Å². The summed E-state index contributed by atoms with van der Waals surface area (Å²) in [7, 11) is 0. The molecule has 4 heteroatoms. The summed E-state index contributed by atoms with van der Waals surface area (Å²) in [6, 6.07) is 10.1. The predicted octanol–water partition coefficient (Wildman–Crippen LogP) is 5.09. The zero-order valence-electron chi connectivity index (χ0n) is 12.0. The minimum absolute atomic E-state index is 0.163. The molecule has 1 aromatic heterocycles. The van der Waals surface area contributed by atoms with Crippen molar-refractivity contribution in [2.75, 3.05) is 0 Å². The number of rotatable bonds is 4. The number of benzene rings is 1. The Morgan fingerprint density at radius 3 is 2.90 bits per heavy atom. The molecule has 2 aromatic rings. The third kappa shape index (κ3) is 3.85. The first kappa shape index (κ1) is 15.4. The fourth-order valence-electron chi connectivity index (χ4n) is 3.07. The summed E-state index contributed by atoms with van der Waals surface area (Å²) in [5, 5.41) is 3.76. The summed E-state index contributed by atoms with van der Waals surface area (Å²) in [6.07, 6.45) is 4.65. The maximum Gasteiger partial charge on any atom is 0.123 e. The van der Waals surface area contributed by atoms with Crippen LogP contribution in [0, 0.1) is 8.70 Å². The van der Waals surface area contributed by atoms with Crippen molar-refractivity contribution in [3.8, 4) is 0 Å². The number of halogens is 2. The fourth-order valence-corrected chi connectivity index (χ4v) is 5.19. The average Bonchev–Trinajstić information content (AvgIpc) is 2.83. The number of thiophene rings is 1. The standard InChI is InChI=1S/C17H19FINS/c1-11(9-12-5-7-13(18)8-6-12)20-15-3-2-4-16-14(15)10-17(19)21-16/h5-8,10-11,15,20H,2-4,9H2,1H3. The van der Waals surface area contributed by atoms with E-state index in [0.717, 1.165) is 6.42 Å². The summed E-state index contributed by atoms with van der Waals surface area (Å²) < 4.78 is 14.3. The normalized spacial score (nSPS) is 19.3. The van der Waals surface area contributed by atoms with E-state index in [4.69, 9.17) is 0 Å². The van der Waals surface area contributed by atoms with Crippen LogP contribution in [0.4, 0.5) is 4.39 Å². The average molecular weight is 415 g/mol. The van der Waals surface area contributed by atoms with Gasteiger partial charge in [0.25, 0.3) is 0 Å². The molecule has 112 valence electrons. The Morgan fingerprint density at radius 2 is 2.14 bits per heavy atom. The van der Waals surface area contributed by atoms with Gasteiger partial charge in [0.1, 0.15) is 5.82 Å². The van der Waals surface area contributed by atoms with Crippen LogP contribution in [0.25, 0.3) is 0 Å². The van der Waals surface area contributed by atoms with E-state index in [2.05, 4.69) is 40.9 Å². The van der Waals surface area contributed by atoms with Crippen molar-refractivity contribution in [1.29, 1.82) is 0 Å². The highest BCUT2D eigenvalue weighted by molar-refractivity contribution is 14.1. The van der Waals surface area contributed by atoms with Gasteiger partial charge < -0.3 is 5.32 Å². The van der Waals surface area contributed by atoms with E-state index in [0.29, 0.717) is 12.1 Å². The molecule has 0 amide bonds. The van der Waals surface area contributed by atoms with E-state index in [1.165, 1.54) is 33.3 Å². The van der Waals surface area contributed by atoms with E-state index >= 15 is 0 Å². The molecule has 0 fully saturated rings. The highest BCUT2D eigenvalue weighted by atomic mass is 127. The Morgan fingerprint density at radius 1 is 1.38 bits per heavy atom. The van der Waals surface area contributed by atoms with Crippen molar-refractivity contribution in [3.63, 3.8) is 0 Å². The lowest BCUT2D eigenvalue weighted by molar-refractivity contribution is 0.409. The zero-order chi connectivity index (χ0) is 14.8. The van der Waals surface area contributed by atoms with E-state index < -0.39 is 0 Å². The van der Waals surface area contributed by atoms with Gasteiger partial charge in [0.15, 0.2) is 0 Å². The number of nitrogens with one attached hydrogen (secondary N) is 1. The van der Waals surface area contributed by atoms with Gasteiger partial charge in [-0.3, -0.25) is 0 Å². The molecule has 0 saturated carbocycles. The van der Waals surface area contributed by atoms with Crippen LogP contribution in [0.1, 0.15) is 41.8 Å².